The Balaban J connectivity index is -0.0000000600. The molecule has 1 atom stereocenters. The first kappa shape index (κ1) is 12.0. The van der Waals surface area contributed by atoms with E-state index in [9.17, 15) is 4.57 Å². The molecule has 0 aliphatic rings. The third-order valence-corrected chi connectivity index (χ3v) is 1.15. The van der Waals surface area contributed by atoms with Gasteiger partial charge < -0.3 is 2.85 Å². The Morgan fingerprint density at radius 3 is 2.38 bits per heavy atom. The van der Waals surface area contributed by atoms with Gasteiger partial charge in [-0.3, -0.25) is 0 Å². The first-order chi connectivity index (χ1) is 3.31. The van der Waals surface area contributed by atoms with E-state index in [1.165, 1.54) is 7.11 Å². The van der Waals surface area contributed by atoms with Crippen molar-refractivity contribution in [1.29, 1.82) is 0 Å². The third kappa shape index (κ3) is 7.28. The first-order valence-corrected chi connectivity index (χ1v) is 3.05. The van der Waals surface area contributed by atoms with Crippen LogP contribution in [0.15, 0.2) is 0 Å². The van der Waals surface area contributed by atoms with Gasteiger partial charge in [0.25, 0.3) is 0 Å². The summed E-state index contributed by atoms with van der Waals surface area (Å²) in [7, 11) is -0.487. The molecule has 5 heteroatoms. The van der Waals surface area contributed by atoms with Crippen LogP contribution < -0.4 is 0 Å². The summed E-state index contributed by atoms with van der Waals surface area (Å²) in [6.45, 7) is 2.19. The molecule has 0 bridgehead atoms. The van der Waals surface area contributed by atoms with Crippen molar-refractivity contribution in [3.05, 3.63) is 0 Å². The normalized spacial score (nSPS) is 10.0. The molecule has 1 unspecified atom stereocenters. The molecule has 3 nitrogen and oxygen atoms in total. The zero-order valence-electron chi connectivity index (χ0n) is 7.09. The van der Waals surface area contributed by atoms with Crippen LogP contribution in [0.5, 0.6) is 0 Å². The SMILES string of the molecule is CCO[P+](=O)OC.[Ca+2].[H-].[H-]. The van der Waals surface area contributed by atoms with E-state index in [1.807, 2.05) is 0 Å². The molecule has 0 heterocycles. The van der Waals surface area contributed by atoms with Crippen LogP contribution in [0, 0.1) is 0 Å². The summed E-state index contributed by atoms with van der Waals surface area (Å²) in [5.41, 5.74) is 0. The summed E-state index contributed by atoms with van der Waals surface area (Å²) in [6.07, 6.45) is 0. The van der Waals surface area contributed by atoms with Crippen molar-refractivity contribution >= 4 is 46.0 Å². The maximum absolute atomic E-state index is 10.1. The van der Waals surface area contributed by atoms with Gasteiger partial charge in [-0.1, -0.05) is 0 Å². The van der Waals surface area contributed by atoms with E-state index in [2.05, 4.69) is 9.05 Å². The molecule has 0 aromatic carbocycles. The largest absolute Gasteiger partial charge is 2.00 e. The molecule has 0 fully saturated rings. The van der Waals surface area contributed by atoms with E-state index in [0.717, 1.165) is 0 Å². The van der Waals surface area contributed by atoms with Crippen molar-refractivity contribution in [2.45, 2.75) is 6.92 Å². The molecule has 0 saturated heterocycles. The van der Waals surface area contributed by atoms with Gasteiger partial charge >= 0.3 is 46.0 Å². The molecular formula is C3H10CaO3P+. The molecule has 0 radical (unpaired) electrons. The van der Waals surface area contributed by atoms with E-state index in [4.69, 9.17) is 0 Å². The zero-order valence-corrected chi connectivity index (χ0v) is 8.19. The molecule has 0 amide bonds. The third-order valence-electron chi connectivity index (χ3n) is 0.384. The van der Waals surface area contributed by atoms with Crippen molar-refractivity contribution < 1.29 is 16.5 Å². The van der Waals surface area contributed by atoms with Gasteiger partial charge in [0, 0.05) is 4.57 Å². The molecule has 0 N–H and O–H groups in total. The number of rotatable bonds is 3. The van der Waals surface area contributed by atoms with Crippen LogP contribution in [-0.2, 0) is 13.6 Å². The van der Waals surface area contributed by atoms with Crippen LogP contribution in [0.3, 0.4) is 0 Å². The van der Waals surface area contributed by atoms with Gasteiger partial charge in [-0.15, -0.1) is 9.05 Å². The van der Waals surface area contributed by atoms with Crippen LogP contribution in [0.2, 0.25) is 0 Å². The minimum absolute atomic E-state index is 0. The maximum Gasteiger partial charge on any atom is 2.00 e. The van der Waals surface area contributed by atoms with Crippen molar-refractivity contribution in [2.24, 2.45) is 0 Å². The van der Waals surface area contributed by atoms with Crippen LogP contribution in [0.25, 0.3) is 0 Å². The Hall–Kier alpha value is 1.28. The van der Waals surface area contributed by atoms with Crippen LogP contribution in [0.4, 0.5) is 0 Å². The Kier molecular flexibility index (Phi) is 12.4. The van der Waals surface area contributed by atoms with Crippen LogP contribution in [-0.4, -0.2) is 51.5 Å². The fourth-order valence-corrected chi connectivity index (χ4v) is 0.474. The van der Waals surface area contributed by atoms with Gasteiger partial charge in [-0.25, -0.2) is 0 Å². The van der Waals surface area contributed by atoms with E-state index < -0.39 is 8.25 Å². The maximum atomic E-state index is 10.1. The monoisotopic (exact) mass is 165 g/mol. The second kappa shape index (κ2) is 8.28. The van der Waals surface area contributed by atoms with Gasteiger partial charge in [0.2, 0.25) is 0 Å². The molecule has 0 aromatic heterocycles. The minimum Gasteiger partial charge on any atom is -1.00 e. The van der Waals surface area contributed by atoms with Gasteiger partial charge in [0.15, 0.2) is 0 Å². The van der Waals surface area contributed by atoms with E-state index in [1.54, 1.807) is 6.92 Å². The van der Waals surface area contributed by atoms with Crippen molar-refractivity contribution in [3.8, 4) is 0 Å². The molecule has 0 aliphatic carbocycles. The molecule has 0 aromatic rings. The predicted molar refractivity (Wildman–Crippen MR) is 34.2 cm³/mol. The van der Waals surface area contributed by atoms with Crippen molar-refractivity contribution in [2.75, 3.05) is 13.7 Å². The van der Waals surface area contributed by atoms with Crippen LogP contribution >= 0.6 is 8.25 Å². The average Bonchev–Trinajstić information content (AvgIpc) is 1.68. The minimum atomic E-state index is -1.83. The first-order valence-electron chi connectivity index (χ1n) is 1.95. The predicted octanol–water partition coefficient (Wildman–Crippen LogP) is 1.17. The fraction of sp³-hybridized carbons (Fsp3) is 1.00. The standard InChI is InChI=1S/C3H8O3P.Ca.2H/c1-3-6-7(4)5-2;;;/h3H2,1-2H3;;;/q+1;+2;2*-1. The van der Waals surface area contributed by atoms with Gasteiger partial charge in [-0.2, -0.15) is 0 Å². The second-order valence-corrected chi connectivity index (χ2v) is 1.89. The van der Waals surface area contributed by atoms with E-state index in [0.29, 0.717) is 6.61 Å². The molecule has 0 aliphatic heterocycles. The summed E-state index contributed by atoms with van der Waals surface area (Å²) in [5, 5.41) is 0. The summed E-state index contributed by atoms with van der Waals surface area (Å²) >= 11 is 0. The van der Waals surface area contributed by atoms with Gasteiger partial charge in [0.05, 0.1) is 7.11 Å². The molecule has 46 valence electrons. The summed E-state index contributed by atoms with van der Waals surface area (Å²) < 4.78 is 18.9. The molecular weight excluding hydrogens is 155 g/mol. The second-order valence-electron chi connectivity index (χ2n) is 0.824. The molecule has 0 saturated carbocycles. The van der Waals surface area contributed by atoms with Gasteiger partial charge in [0.1, 0.15) is 6.61 Å². The Morgan fingerprint density at radius 2 is 2.25 bits per heavy atom. The van der Waals surface area contributed by atoms with E-state index >= 15 is 0 Å². The summed E-state index contributed by atoms with van der Waals surface area (Å²) in [4.78, 5) is 0. The van der Waals surface area contributed by atoms with E-state index in [-0.39, 0.29) is 40.6 Å². The fourth-order valence-electron chi connectivity index (χ4n) is 0.158. The Morgan fingerprint density at radius 1 is 1.75 bits per heavy atom. The zero-order chi connectivity index (χ0) is 5.70. The van der Waals surface area contributed by atoms with Crippen molar-refractivity contribution in [1.82, 2.24) is 0 Å². The Bertz CT molecular complexity index is 74.8. The number of hydrogen-bond donors (Lipinski definition) is 0. The quantitative estimate of drug-likeness (QED) is 0.465. The summed E-state index contributed by atoms with van der Waals surface area (Å²) in [5.74, 6) is 0. The molecule has 0 rings (SSSR count). The Labute approximate surface area is 82.7 Å². The van der Waals surface area contributed by atoms with Crippen molar-refractivity contribution in [3.63, 3.8) is 0 Å². The molecule has 0 spiro atoms. The average molecular weight is 165 g/mol. The smallest absolute Gasteiger partial charge is 1.00 e. The number of hydrogen-bond acceptors (Lipinski definition) is 3. The topological polar surface area (TPSA) is 35.5 Å². The molecule has 8 heavy (non-hydrogen) atoms. The summed E-state index contributed by atoms with van der Waals surface area (Å²) in [6, 6.07) is 0. The van der Waals surface area contributed by atoms with Gasteiger partial charge in [-0.05, 0) is 6.92 Å². The van der Waals surface area contributed by atoms with Crippen LogP contribution in [0.1, 0.15) is 9.78 Å².